The predicted octanol–water partition coefficient (Wildman–Crippen LogP) is 4.29. The number of ether oxygens (including phenoxy) is 1. The van der Waals surface area contributed by atoms with Gasteiger partial charge in [-0.2, -0.15) is 0 Å². The molecule has 1 fully saturated rings. The number of carbonyl (C=O) groups is 1. The highest BCUT2D eigenvalue weighted by molar-refractivity contribution is 5.98. The molecule has 1 N–H and O–H groups in total. The van der Waals surface area contributed by atoms with Crippen molar-refractivity contribution in [1.82, 2.24) is 9.88 Å². The maximum atomic E-state index is 13.9. The molecule has 2 aromatic carbocycles. The van der Waals surface area contributed by atoms with E-state index in [9.17, 15) is 9.18 Å². The van der Waals surface area contributed by atoms with Gasteiger partial charge in [0.25, 0.3) is 5.91 Å². The normalized spacial score (nSPS) is 17.2. The quantitative estimate of drug-likeness (QED) is 0.774. The summed E-state index contributed by atoms with van der Waals surface area (Å²) in [4.78, 5) is 17.9. The average Bonchev–Trinajstić information content (AvgIpc) is 3.29. The summed E-state index contributed by atoms with van der Waals surface area (Å²) in [7, 11) is 1.63. The zero-order valence-corrected chi connectivity index (χ0v) is 14.0. The zero-order valence-electron chi connectivity index (χ0n) is 14.0. The number of halogens is 1. The molecule has 0 saturated carbocycles. The van der Waals surface area contributed by atoms with Crippen LogP contribution >= 0.6 is 0 Å². The van der Waals surface area contributed by atoms with Crippen molar-refractivity contribution >= 4 is 16.8 Å². The van der Waals surface area contributed by atoms with Gasteiger partial charge in [0, 0.05) is 17.4 Å². The van der Waals surface area contributed by atoms with Gasteiger partial charge in [-0.3, -0.25) is 4.79 Å². The third-order valence-electron chi connectivity index (χ3n) is 4.86. The fourth-order valence-corrected chi connectivity index (χ4v) is 3.57. The van der Waals surface area contributed by atoms with Crippen LogP contribution in [0.3, 0.4) is 0 Å². The van der Waals surface area contributed by atoms with Crippen LogP contribution in [0, 0.1) is 5.82 Å². The summed E-state index contributed by atoms with van der Waals surface area (Å²) < 4.78 is 19.1. The molecule has 5 heteroatoms. The smallest absolute Gasteiger partial charge is 0.270 e. The summed E-state index contributed by atoms with van der Waals surface area (Å²) in [6, 6.07) is 14.3. The van der Waals surface area contributed by atoms with E-state index in [1.165, 1.54) is 6.07 Å². The molecule has 1 atom stereocenters. The fraction of sp³-hybridized carbons (Fsp3) is 0.250. The summed E-state index contributed by atoms with van der Waals surface area (Å²) in [6.45, 7) is 0.702. The van der Waals surface area contributed by atoms with Gasteiger partial charge < -0.3 is 14.6 Å². The third kappa shape index (κ3) is 2.76. The molecule has 1 aliphatic rings. The van der Waals surface area contributed by atoms with Gasteiger partial charge in [0.2, 0.25) is 0 Å². The van der Waals surface area contributed by atoms with Crippen LogP contribution in [0.25, 0.3) is 10.9 Å². The van der Waals surface area contributed by atoms with E-state index in [0.717, 1.165) is 24.2 Å². The van der Waals surface area contributed by atoms with Crippen LogP contribution < -0.4 is 4.74 Å². The number of fused-ring (bicyclic) bond motifs is 1. The second-order valence-electron chi connectivity index (χ2n) is 6.31. The second-order valence-corrected chi connectivity index (χ2v) is 6.31. The van der Waals surface area contributed by atoms with Gasteiger partial charge in [-0.1, -0.05) is 18.2 Å². The average molecular weight is 338 g/mol. The molecule has 0 unspecified atom stereocenters. The Labute approximate surface area is 145 Å². The van der Waals surface area contributed by atoms with Crippen molar-refractivity contribution in [3.05, 3.63) is 65.6 Å². The number of nitrogens with zero attached hydrogens (tertiary/aromatic N) is 1. The number of carbonyl (C=O) groups excluding carboxylic acids is 1. The molecule has 0 aliphatic carbocycles. The summed E-state index contributed by atoms with van der Waals surface area (Å²) in [5.41, 5.74) is 2.16. The first-order valence-electron chi connectivity index (χ1n) is 8.39. The van der Waals surface area contributed by atoms with Crippen molar-refractivity contribution in [3.8, 4) is 5.75 Å². The van der Waals surface area contributed by atoms with E-state index in [1.54, 1.807) is 25.3 Å². The summed E-state index contributed by atoms with van der Waals surface area (Å²) in [5, 5.41) is 0.450. The lowest BCUT2D eigenvalue weighted by Crippen LogP contribution is -2.30. The van der Waals surface area contributed by atoms with Crippen molar-refractivity contribution < 1.29 is 13.9 Å². The minimum absolute atomic E-state index is 0.0367. The van der Waals surface area contributed by atoms with E-state index in [-0.39, 0.29) is 17.8 Å². The molecule has 1 aliphatic heterocycles. The Hall–Kier alpha value is -2.82. The number of amides is 1. The van der Waals surface area contributed by atoms with Crippen LogP contribution in [0.15, 0.2) is 48.5 Å². The maximum absolute atomic E-state index is 13.9. The third-order valence-corrected chi connectivity index (χ3v) is 4.86. The first-order valence-corrected chi connectivity index (χ1v) is 8.39. The number of benzene rings is 2. The Bertz CT molecular complexity index is 917. The molecule has 0 bridgehead atoms. The molecular formula is C20H19FN2O2. The van der Waals surface area contributed by atoms with Crippen LogP contribution in [0.2, 0.25) is 0 Å². The molecule has 128 valence electrons. The number of aromatic nitrogens is 1. The number of hydrogen-bond acceptors (Lipinski definition) is 2. The van der Waals surface area contributed by atoms with Gasteiger partial charge in [0.05, 0.1) is 13.2 Å². The van der Waals surface area contributed by atoms with Crippen molar-refractivity contribution in [2.45, 2.75) is 18.9 Å². The van der Waals surface area contributed by atoms with Gasteiger partial charge in [-0.05, 0) is 48.7 Å². The number of nitrogens with one attached hydrogen (secondary N) is 1. The van der Waals surface area contributed by atoms with Crippen LogP contribution in [0.5, 0.6) is 5.75 Å². The number of likely N-dealkylation sites (tertiary alicyclic amines) is 1. The van der Waals surface area contributed by atoms with E-state index in [1.807, 2.05) is 29.2 Å². The molecule has 4 rings (SSSR count). The first-order chi connectivity index (χ1) is 12.2. The van der Waals surface area contributed by atoms with Crippen LogP contribution in [-0.2, 0) is 0 Å². The van der Waals surface area contributed by atoms with Gasteiger partial charge in [-0.25, -0.2) is 4.39 Å². The standard InChI is InChI=1S/C20H19FN2O2/c1-25-14-9-7-13(8-10-14)19-6-3-11-23(19)20(24)18-12-15-16(21)4-2-5-17(15)22-18/h2,4-5,7-10,12,19,22H,3,6,11H2,1H3/t19-/m1/s1. The minimum atomic E-state index is -0.319. The highest BCUT2D eigenvalue weighted by Crippen LogP contribution is 2.34. The molecule has 0 spiro atoms. The Balaban J connectivity index is 1.64. The summed E-state index contributed by atoms with van der Waals surface area (Å²) in [6.07, 6.45) is 1.88. The topological polar surface area (TPSA) is 45.3 Å². The van der Waals surface area contributed by atoms with Crippen LogP contribution in [0.4, 0.5) is 4.39 Å². The number of methoxy groups -OCH3 is 1. The largest absolute Gasteiger partial charge is 0.497 e. The zero-order chi connectivity index (χ0) is 17.4. The van der Waals surface area contributed by atoms with Crippen LogP contribution in [-0.4, -0.2) is 29.4 Å². The molecule has 2 heterocycles. The summed E-state index contributed by atoms with van der Waals surface area (Å²) in [5.74, 6) is 0.389. The van der Waals surface area contributed by atoms with Gasteiger partial charge in [0.1, 0.15) is 17.3 Å². The van der Waals surface area contributed by atoms with Gasteiger partial charge >= 0.3 is 0 Å². The minimum Gasteiger partial charge on any atom is -0.497 e. The number of rotatable bonds is 3. The maximum Gasteiger partial charge on any atom is 0.270 e. The van der Waals surface area contributed by atoms with E-state index in [2.05, 4.69) is 4.98 Å². The number of H-pyrrole nitrogens is 1. The highest BCUT2D eigenvalue weighted by atomic mass is 19.1. The lowest BCUT2D eigenvalue weighted by molar-refractivity contribution is 0.0730. The number of hydrogen-bond donors (Lipinski definition) is 1. The molecule has 3 aromatic rings. The highest BCUT2D eigenvalue weighted by Gasteiger charge is 2.31. The van der Waals surface area contributed by atoms with Crippen molar-refractivity contribution in [3.63, 3.8) is 0 Å². The molecule has 1 amide bonds. The van der Waals surface area contributed by atoms with E-state index in [4.69, 9.17) is 4.74 Å². The SMILES string of the molecule is COc1ccc([C@H]2CCCN2C(=O)c2cc3c(F)cccc3[nH]2)cc1. The Morgan fingerprint density at radius 3 is 2.76 bits per heavy atom. The fourth-order valence-electron chi connectivity index (χ4n) is 3.57. The van der Waals surface area contributed by atoms with E-state index in [0.29, 0.717) is 23.1 Å². The van der Waals surface area contributed by atoms with Crippen molar-refractivity contribution in [2.24, 2.45) is 0 Å². The Morgan fingerprint density at radius 2 is 2.04 bits per heavy atom. The Morgan fingerprint density at radius 1 is 1.24 bits per heavy atom. The second kappa shape index (κ2) is 6.24. The van der Waals surface area contributed by atoms with Gasteiger partial charge in [-0.15, -0.1) is 0 Å². The lowest BCUT2D eigenvalue weighted by atomic mass is 10.0. The predicted molar refractivity (Wildman–Crippen MR) is 94.3 cm³/mol. The number of aromatic amines is 1. The van der Waals surface area contributed by atoms with Crippen molar-refractivity contribution in [1.29, 1.82) is 0 Å². The molecule has 1 saturated heterocycles. The Kier molecular flexibility index (Phi) is 3.92. The summed E-state index contributed by atoms with van der Waals surface area (Å²) >= 11 is 0. The monoisotopic (exact) mass is 338 g/mol. The van der Waals surface area contributed by atoms with Gasteiger partial charge in [0.15, 0.2) is 0 Å². The van der Waals surface area contributed by atoms with Crippen LogP contribution in [0.1, 0.15) is 34.9 Å². The van der Waals surface area contributed by atoms with E-state index < -0.39 is 0 Å². The molecule has 4 nitrogen and oxygen atoms in total. The molecule has 25 heavy (non-hydrogen) atoms. The first kappa shape index (κ1) is 15.7. The molecular weight excluding hydrogens is 319 g/mol. The molecule has 0 radical (unpaired) electrons. The van der Waals surface area contributed by atoms with Crippen molar-refractivity contribution in [2.75, 3.05) is 13.7 Å². The molecule has 1 aromatic heterocycles. The van der Waals surface area contributed by atoms with E-state index >= 15 is 0 Å². The lowest BCUT2D eigenvalue weighted by Gasteiger charge is -2.24.